The van der Waals surface area contributed by atoms with E-state index in [0.29, 0.717) is 5.75 Å². The van der Waals surface area contributed by atoms with Crippen LogP contribution < -0.4 is 5.73 Å². The first-order valence-corrected chi connectivity index (χ1v) is 6.01. The Hall–Kier alpha value is -1.16. The molecule has 0 aromatic heterocycles. The van der Waals surface area contributed by atoms with E-state index in [-0.39, 0.29) is 5.97 Å². The number of esters is 1. The first-order chi connectivity index (χ1) is 7.47. The van der Waals surface area contributed by atoms with Crippen molar-refractivity contribution in [3.05, 3.63) is 24.3 Å². The molecule has 0 unspecified atom stereocenters. The smallest absolute Gasteiger partial charge is 0.312 e. The Morgan fingerprint density at radius 2 is 2.06 bits per heavy atom. The van der Waals surface area contributed by atoms with Crippen molar-refractivity contribution in [2.24, 2.45) is 5.41 Å². The standard InChI is InChI=1S/C12H17NO2S/c1-12(2,11(14)15-3)8-16-10-7-5-4-6-9(10)13/h4-7H,8,13H2,1-3H3. The number of hydrogen-bond donors (Lipinski definition) is 1. The van der Waals surface area contributed by atoms with Gasteiger partial charge in [-0.3, -0.25) is 4.79 Å². The Bertz CT molecular complexity index is 377. The molecule has 1 rings (SSSR count). The van der Waals surface area contributed by atoms with E-state index in [1.807, 2.05) is 38.1 Å². The van der Waals surface area contributed by atoms with E-state index in [0.717, 1.165) is 10.6 Å². The molecular formula is C12H17NO2S. The van der Waals surface area contributed by atoms with E-state index in [1.54, 1.807) is 11.8 Å². The van der Waals surface area contributed by atoms with Crippen LogP contribution in [-0.2, 0) is 9.53 Å². The van der Waals surface area contributed by atoms with Crippen LogP contribution in [0.25, 0.3) is 0 Å². The van der Waals surface area contributed by atoms with Crippen molar-refractivity contribution in [2.75, 3.05) is 18.6 Å². The number of carbonyl (C=O) groups is 1. The highest BCUT2D eigenvalue weighted by Gasteiger charge is 2.28. The minimum Gasteiger partial charge on any atom is -0.469 e. The summed E-state index contributed by atoms with van der Waals surface area (Å²) in [4.78, 5) is 12.5. The molecule has 1 aromatic rings. The van der Waals surface area contributed by atoms with Crippen LogP contribution in [0.1, 0.15) is 13.8 Å². The number of anilines is 1. The van der Waals surface area contributed by atoms with Crippen LogP contribution in [0.3, 0.4) is 0 Å². The highest BCUT2D eigenvalue weighted by Crippen LogP contribution is 2.31. The van der Waals surface area contributed by atoms with Gasteiger partial charge in [-0.15, -0.1) is 11.8 Å². The van der Waals surface area contributed by atoms with Crippen LogP contribution in [0.2, 0.25) is 0 Å². The second kappa shape index (κ2) is 5.25. The van der Waals surface area contributed by atoms with Crippen LogP contribution in [0.5, 0.6) is 0 Å². The van der Waals surface area contributed by atoms with Gasteiger partial charge in [-0.2, -0.15) is 0 Å². The number of para-hydroxylation sites is 1. The van der Waals surface area contributed by atoms with Gasteiger partial charge in [0.05, 0.1) is 12.5 Å². The quantitative estimate of drug-likeness (QED) is 0.498. The normalized spacial score (nSPS) is 11.2. The molecule has 16 heavy (non-hydrogen) atoms. The molecule has 0 radical (unpaired) electrons. The van der Waals surface area contributed by atoms with E-state index in [1.165, 1.54) is 7.11 Å². The van der Waals surface area contributed by atoms with Crippen molar-refractivity contribution in [3.8, 4) is 0 Å². The number of nitrogen functional groups attached to an aromatic ring is 1. The van der Waals surface area contributed by atoms with Gasteiger partial charge in [0.1, 0.15) is 0 Å². The number of rotatable bonds is 4. The first-order valence-electron chi connectivity index (χ1n) is 5.03. The molecule has 0 amide bonds. The maximum absolute atomic E-state index is 11.5. The Morgan fingerprint density at radius 3 is 2.62 bits per heavy atom. The van der Waals surface area contributed by atoms with E-state index in [2.05, 4.69) is 0 Å². The average Bonchev–Trinajstić information content (AvgIpc) is 2.27. The Kier molecular flexibility index (Phi) is 4.24. The number of thioether (sulfide) groups is 1. The van der Waals surface area contributed by atoms with Gasteiger partial charge < -0.3 is 10.5 Å². The SMILES string of the molecule is COC(=O)C(C)(C)CSc1ccccc1N. The maximum Gasteiger partial charge on any atom is 0.312 e. The van der Waals surface area contributed by atoms with Gasteiger partial charge in [-0.25, -0.2) is 0 Å². The predicted molar refractivity (Wildman–Crippen MR) is 67.4 cm³/mol. The summed E-state index contributed by atoms with van der Waals surface area (Å²) in [6.07, 6.45) is 0. The van der Waals surface area contributed by atoms with Gasteiger partial charge in [0.2, 0.25) is 0 Å². The topological polar surface area (TPSA) is 52.3 Å². The van der Waals surface area contributed by atoms with Gasteiger partial charge in [0.25, 0.3) is 0 Å². The van der Waals surface area contributed by atoms with Crippen molar-refractivity contribution in [1.29, 1.82) is 0 Å². The lowest BCUT2D eigenvalue weighted by atomic mass is 9.97. The van der Waals surface area contributed by atoms with Crippen LogP contribution in [0.4, 0.5) is 5.69 Å². The molecule has 2 N–H and O–H groups in total. The highest BCUT2D eigenvalue weighted by molar-refractivity contribution is 7.99. The second-order valence-electron chi connectivity index (χ2n) is 4.20. The van der Waals surface area contributed by atoms with Gasteiger partial charge >= 0.3 is 5.97 Å². The molecule has 0 aliphatic heterocycles. The molecule has 0 atom stereocenters. The van der Waals surface area contributed by atoms with Gasteiger partial charge in [-0.05, 0) is 26.0 Å². The van der Waals surface area contributed by atoms with Gasteiger partial charge in [0, 0.05) is 16.3 Å². The van der Waals surface area contributed by atoms with Crippen molar-refractivity contribution in [1.82, 2.24) is 0 Å². The molecule has 0 fully saturated rings. The molecule has 3 nitrogen and oxygen atoms in total. The highest BCUT2D eigenvalue weighted by atomic mass is 32.2. The lowest BCUT2D eigenvalue weighted by molar-refractivity contribution is -0.149. The fraction of sp³-hybridized carbons (Fsp3) is 0.417. The number of methoxy groups -OCH3 is 1. The van der Waals surface area contributed by atoms with Crippen molar-refractivity contribution < 1.29 is 9.53 Å². The third kappa shape index (κ3) is 3.17. The number of ether oxygens (including phenoxy) is 1. The van der Waals surface area contributed by atoms with Crippen molar-refractivity contribution in [2.45, 2.75) is 18.7 Å². The maximum atomic E-state index is 11.5. The number of benzene rings is 1. The van der Waals surface area contributed by atoms with E-state index in [4.69, 9.17) is 10.5 Å². The van der Waals surface area contributed by atoms with E-state index >= 15 is 0 Å². The molecule has 0 heterocycles. The largest absolute Gasteiger partial charge is 0.469 e. The molecule has 4 heteroatoms. The number of nitrogens with two attached hydrogens (primary N) is 1. The third-order valence-corrected chi connectivity index (χ3v) is 3.79. The number of hydrogen-bond acceptors (Lipinski definition) is 4. The van der Waals surface area contributed by atoms with Crippen molar-refractivity contribution in [3.63, 3.8) is 0 Å². The Labute approximate surface area is 100 Å². The molecule has 1 aromatic carbocycles. The number of carbonyl (C=O) groups excluding carboxylic acids is 1. The fourth-order valence-electron chi connectivity index (χ4n) is 1.21. The van der Waals surface area contributed by atoms with Crippen LogP contribution in [0, 0.1) is 5.41 Å². The molecule has 0 aliphatic rings. The average molecular weight is 239 g/mol. The van der Waals surface area contributed by atoms with Gasteiger partial charge in [-0.1, -0.05) is 12.1 Å². The molecule has 0 aliphatic carbocycles. The summed E-state index contributed by atoms with van der Waals surface area (Å²) in [7, 11) is 1.41. The molecule has 0 bridgehead atoms. The molecule has 88 valence electrons. The summed E-state index contributed by atoms with van der Waals surface area (Å²) >= 11 is 1.57. The van der Waals surface area contributed by atoms with Crippen LogP contribution in [0.15, 0.2) is 29.2 Å². The summed E-state index contributed by atoms with van der Waals surface area (Å²) in [5.74, 6) is 0.447. The zero-order chi connectivity index (χ0) is 12.2. The molecular weight excluding hydrogens is 222 g/mol. The molecule has 0 spiro atoms. The van der Waals surface area contributed by atoms with E-state index < -0.39 is 5.41 Å². The molecule has 0 saturated heterocycles. The summed E-state index contributed by atoms with van der Waals surface area (Å²) in [6.45, 7) is 3.73. The summed E-state index contributed by atoms with van der Waals surface area (Å²) in [5, 5.41) is 0. The Balaban J connectivity index is 2.65. The summed E-state index contributed by atoms with van der Waals surface area (Å²) in [5.41, 5.74) is 6.07. The molecule has 0 saturated carbocycles. The van der Waals surface area contributed by atoms with Crippen LogP contribution in [-0.4, -0.2) is 18.8 Å². The monoisotopic (exact) mass is 239 g/mol. The minimum atomic E-state index is -0.498. The summed E-state index contributed by atoms with van der Waals surface area (Å²) < 4.78 is 4.75. The predicted octanol–water partition coefficient (Wildman–Crippen LogP) is 2.56. The van der Waals surface area contributed by atoms with Crippen molar-refractivity contribution >= 4 is 23.4 Å². The van der Waals surface area contributed by atoms with E-state index in [9.17, 15) is 4.79 Å². The van der Waals surface area contributed by atoms with Crippen LogP contribution >= 0.6 is 11.8 Å². The third-order valence-electron chi connectivity index (χ3n) is 2.25. The lowest BCUT2D eigenvalue weighted by Gasteiger charge is -2.20. The lowest BCUT2D eigenvalue weighted by Crippen LogP contribution is -2.28. The summed E-state index contributed by atoms with van der Waals surface area (Å²) in [6, 6.07) is 7.63. The first kappa shape index (κ1) is 12.9. The Morgan fingerprint density at radius 1 is 1.44 bits per heavy atom. The second-order valence-corrected chi connectivity index (χ2v) is 5.22. The minimum absolute atomic E-state index is 0.200. The zero-order valence-electron chi connectivity index (χ0n) is 9.82. The zero-order valence-corrected chi connectivity index (χ0v) is 10.6. The van der Waals surface area contributed by atoms with Gasteiger partial charge in [0.15, 0.2) is 0 Å². The fourth-order valence-corrected chi connectivity index (χ4v) is 2.25.